The van der Waals surface area contributed by atoms with E-state index in [1.807, 2.05) is 49.5 Å². The van der Waals surface area contributed by atoms with Crippen molar-refractivity contribution in [2.45, 2.75) is 43.8 Å². The maximum Gasteiger partial charge on any atom is 0.153 e. The predicted octanol–water partition coefficient (Wildman–Crippen LogP) is 3.75. The molecule has 0 aliphatic rings. The number of rotatable bonds is 7. The monoisotopic (exact) mass is 398 g/mol. The van der Waals surface area contributed by atoms with Crippen molar-refractivity contribution >= 4 is 18.3 Å². The molecule has 6 nitrogen and oxygen atoms in total. The lowest BCUT2D eigenvalue weighted by molar-refractivity contribution is 0.00436. The molecule has 0 saturated carbocycles. The third kappa shape index (κ3) is 4.73. The van der Waals surface area contributed by atoms with Gasteiger partial charge in [0.15, 0.2) is 5.82 Å². The van der Waals surface area contributed by atoms with E-state index in [9.17, 15) is 5.11 Å². The van der Waals surface area contributed by atoms with Gasteiger partial charge < -0.3 is 15.6 Å². The Morgan fingerprint density at radius 1 is 1.14 bits per heavy atom. The lowest BCUT2D eigenvalue weighted by Gasteiger charge is -2.14. The number of aliphatic hydroxyl groups is 1. The molecular weight excluding hydrogens is 372 g/mol. The normalized spacial score (nSPS) is 14.6. The van der Waals surface area contributed by atoms with Crippen LogP contribution in [-0.4, -0.2) is 32.6 Å². The Hall–Kier alpha value is -2.35. The van der Waals surface area contributed by atoms with Gasteiger partial charge in [-0.3, -0.25) is 0 Å². The van der Waals surface area contributed by atoms with Gasteiger partial charge in [-0.1, -0.05) is 19.1 Å². The summed E-state index contributed by atoms with van der Waals surface area (Å²) in [5, 5.41) is 14.0. The number of aromatic nitrogens is 3. The molecule has 3 unspecified atom stereocenters. The second-order valence-electron chi connectivity index (χ2n) is 7.00. The fourth-order valence-corrected chi connectivity index (χ4v) is 3.07. The zero-order valence-corrected chi connectivity index (χ0v) is 17.2. The van der Waals surface area contributed by atoms with Crippen molar-refractivity contribution in [1.29, 1.82) is 0 Å². The van der Waals surface area contributed by atoms with Crippen molar-refractivity contribution in [3.8, 4) is 5.82 Å². The van der Waals surface area contributed by atoms with Gasteiger partial charge in [-0.15, -0.1) is 12.6 Å². The van der Waals surface area contributed by atoms with E-state index in [4.69, 9.17) is 10.5 Å². The second kappa shape index (κ2) is 8.77. The number of nitrogens with two attached hydrogens (primary N) is 1. The quantitative estimate of drug-likeness (QED) is 0.417. The first-order chi connectivity index (χ1) is 13.3. The third-order valence-electron chi connectivity index (χ3n) is 4.67. The molecular formula is C21H26N4O2S. The summed E-state index contributed by atoms with van der Waals surface area (Å²) in [4.78, 5) is 5.27. The van der Waals surface area contributed by atoms with Gasteiger partial charge in [0.1, 0.15) is 0 Å². The predicted molar refractivity (Wildman–Crippen MR) is 113 cm³/mol. The number of hydrogen-bond acceptors (Lipinski definition) is 6. The molecule has 0 aliphatic heterocycles. The standard InChI is InChI=1S/C21H26N4O2S/c1-13(26)12-27-15(3)17-5-7-21(23-11-17)25-9-8-19(24-25)14(2)16-4-6-18(22)20(28)10-16/h4-11,13-15,26,28H,12,22H2,1-3H3. The van der Waals surface area contributed by atoms with E-state index in [0.29, 0.717) is 12.3 Å². The van der Waals surface area contributed by atoms with Crippen LogP contribution in [0.4, 0.5) is 5.69 Å². The Kier molecular flexibility index (Phi) is 6.39. The molecule has 0 amide bonds. The molecule has 0 fully saturated rings. The molecule has 28 heavy (non-hydrogen) atoms. The van der Waals surface area contributed by atoms with Crippen LogP contribution in [-0.2, 0) is 4.74 Å². The Morgan fingerprint density at radius 2 is 1.89 bits per heavy atom. The number of hydrogen-bond donors (Lipinski definition) is 3. The van der Waals surface area contributed by atoms with Gasteiger partial charge >= 0.3 is 0 Å². The first kappa shape index (κ1) is 20.4. The van der Waals surface area contributed by atoms with Crippen molar-refractivity contribution in [3.05, 3.63) is 65.6 Å². The minimum absolute atomic E-state index is 0.112. The maximum atomic E-state index is 9.34. The molecule has 3 aromatic rings. The molecule has 0 aliphatic carbocycles. The summed E-state index contributed by atoms with van der Waals surface area (Å²) in [6.07, 6.45) is 3.06. The highest BCUT2D eigenvalue weighted by Gasteiger charge is 2.14. The molecule has 3 atom stereocenters. The Morgan fingerprint density at radius 3 is 2.54 bits per heavy atom. The largest absolute Gasteiger partial charge is 0.398 e. The number of pyridine rings is 1. The first-order valence-electron chi connectivity index (χ1n) is 9.25. The van der Waals surface area contributed by atoms with E-state index in [1.165, 1.54) is 0 Å². The van der Waals surface area contributed by atoms with Crippen LogP contribution in [0, 0.1) is 0 Å². The van der Waals surface area contributed by atoms with Crippen LogP contribution < -0.4 is 5.73 Å². The van der Waals surface area contributed by atoms with Gasteiger partial charge in [-0.25, -0.2) is 9.67 Å². The van der Waals surface area contributed by atoms with E-state index in [2.05, 4.69) is 29.6 Å². The van der Waals surface area contributed by atoms with Gasteiger partial charge in [0.05, 0.1) is 24.5 Å². The number of nitrogens with zero attached hydrogens (tertiary/aromatic N) is 3. The SMILES string of the molecule is CC(O)COC(C)c1ccc(-n2ccc(C(C)c3ccc(N)c(S)c3)n2)nc1. The summed E-state index contributed by atoms with van der Waals surface area (Å²) in [6.45, 7) is 6.03. The maximum absolute atomic E-state index is 9.34. The Bertz CT molecular complexity index is 924. The average molecular weight is 399 g/mol. The summed E-state index contributed by atoms with van der Waals surface area (Å²) in [7, 11) is 0. The van der Waals surface area contributed by atoms with Crippen LogP contribution in [0.25, 0.3) is 5.82 Å². The zero-order chi connectivity index (χ0) is 20.3. The molecule has 0 radical (unpaired) electrons. The van der Waals surface area contributed by atoms with Gasteiger partial charge in [-0.05, 0) is 49.2 Å². The smallest absolute Gasteiger partial charge is 0.153 e. The molecule has 3 rings (SSSR count). The topological polar surface area (TPSA) is 86.2 Å². The molecule has 3 N–H and O–H groups in total. The summed E-state index contributed by atoms with van der Waals surface area (Å²) in [6, 6.07) is 11.7. The zero-order valence-electron chi connectivity index (χ0n) is 16.3. The van der Waals surface area contributed by atoms with E-state index < -0.39 is 6.10 Å². The lowest BCUT2D eigenvalue weighted by Crippen LogP contribution is -2.13. The van der Waals surface area contributed by atoms with E-state index >= 15 is 0 Å². The van der Waals surface area contributed by atoms with E-state index in [-0.39, 0.29) is 12.0 Å². The first-order valence-corrected chi connectivity index (χ1v) is 9.70. The van der Waals surface area contributed by atoms with Gasteiger partial charge in [0.25, 0.3) is 0 Å². The average Bonchev–Trinajstić information content (AvgIpc) is 3.18. The van der Waals surface area contributed by atoms with Gasteiger partial charge in [-0.2, -0.15) is 5.10 Å². The lowest BCUT2D eigenvalue weighted by atomic mass is 9.98. The number of aliphatic hydroxyl groups excluding tert-OH is 1. The minimum Gasteiger partial charge on any atom is -0.398 e. The van der Waals surface area contributed by atoms with Crippen LogP contribution >= 0.6 is 12.6 Å². The van der Waals surface area contributed by atoms with Crippen molar-refractivity contribution in [2.24, 2.45) is 0 Å². The third-order valence-corrected chi connectivity index (χ3v) is 5.06. The molecule has 2 heterocycles. The number of nitrogen functional groups attached to an aromatic ring is 1. The van der Waals surface area contributed by atoms with Crippen molar-refractivity contribution < 1.29 is 9.84 Å². The van der Waals surface area contributed by atoms with Crippen LogP contribution in [0.1, 0.15) is 49.6 Å². The fraction of sp³-hybridized carbons (Fsp3) is 0.333. The molecule has 148 valence electrons. The van der Waals surface area contributed by atoms with Gasteiger partial charge in [0, 0.05) is 28.9 Å². The molecule has 0 saturated heterocycles. The van der Waals surface area contributed by atoms with Crippen LogP contribution in [0.3, 0.4) is 0 Å². The van der Waals surface area contributed by atoms with Crippen molar-refractivity contribution in [1.82, 2.24) is 14.8 Å². The number of thiol groups is 1. The molecule has 0 spiro atoms. The highest BCUT2D eigenvalue weighted by atomic mass is 32.1. The highest BCUT2D eigenvalue weighted by Crippen LogP contribution is 2.27. The number of ether oxygens (including phenoxy) is 1. The molecule has 2 aromatic heterocycles. The Balaban J connectivity index is 1.73. The highest BCUT2D eigenvalue weighted by molar-refractivity contribution is 7.80. The van der Waals surface area contributed by atoms with E-state index in [0.717, 1.165) is 27.5 Å². The van der Waals surface area contributed by atoms with E-state index in [1.54, 1.807) is 17.8 Å². The van der Waals surface area contributed by atoms with Crippen LogP contribution in [0.15, 0.2) is 53.7 Å². The summed E-state index contributed by atoms with van der Waals surface area (Å²) in [5.74, 6) is 0.845. The van der Waals surface area contributed by atoms with Crippen LogP contribution in [0.5, 0.6) is 0 Å². The summed E-state index contributed by atoms with van der Waals surface area (Å²) < 4.78 is 7.37. The van der Waals surface area contributed by atoms with Gasteiger partial charge in [0.2, 0.25) is 0 Å². The van der Waals surface area contributed by atoms with Crippen LogP contribution in [0.2, 0.25) is 0 Å². The molecule has 7 heteroatoms. The van der Waals surface area contributed by atoms with Crippen molar-refractivity contribution in [3.63, 3.8) is 0 Å². The molecule has 1 aromatic carbocycles. The number of benzene rings is 1. The Labute approximate surface area is 170 Å². The summed E-state index contributed by atoms with van der Waals surface area (Å²) >= 11 is 4.40. The molecule has 0 bridgehead atoms. The van der Waals surface area contributed by atoms with Crippen molar-refractivity contribution in [2.75, 3.05) is 12.3 Å². The fourth-order valence-electron chi connectivity index (χ4n) is 2.85. The minimum atomic E-state index is -0.487. The second-order valence-corrected chi connectivity index (χ2v) is 7.48. The number of anilines is 1. The summed E-state index contributed by atoms with van der Waals surface area (Å²) in [5.41, 5.74) is 9.52.